The van der Waals surface area contributed by atoms with Gasteiger partial charge in [0.1, 0.15) is 6.33 Å². The number of hydrogen-bond acceptors (Lipinski definition) is 6. The van der Waals surface area contributed by atoms with Crippen molar-refractivity contribution in [1.82, 2.24) is 29.9 Å². The number of aromatic nitrogens is 3. The summed E-state index contributed by atoms with van der Waals surface area (Å²) < 4.78 is 2.09. The zero-order valence-corrected chi connectivity index (χ0v) is 22.9. The molecule has 3 heterocycles. The van der Waals surface area contributed by atoms with Crippen LogP contribution in [0.15, 0.2) is 54.1 Å². The normalized spacial score (nSPS) is 23.6. The molecule has 0 amide bonds. The van der Waals surface area contributed by atoms with Crippen molar-refractivity contribution in [3.8, 4) is 0 Å². The third-order valence-electron chi connectivity index (χ3n) is 8.23. The first-order valence-electron chi connectivity index (χ1n) is 13.9. The fourth-order valence-corrected chi connectivity index (χ4v) is 6.03. The summed E-state index contributed by atoms with van der Waals surface area (Å²) in [5.41, 5.74) is 4.55. The third kappa shape index (κ3) is 5.30. The van der Waals surface area contributed by atoms with Gasteiger partial charge in [-0.1, -0.05) is 38.5 Å². The number of likely N-dealkylation sites (N-methyl/N-ethyl adjacent to an activating group) is 1. The molecule has 1 N–H and O–H groups in total. The number of anilines is 1. The number of amidine groups is 1. The highest BCUT2D eigenvalue weighted by Crippen LogP contribution is 2.42. The van der Waals surface area contributed by atoms with E-state index < -0.39 is 0 Å². The Morgan fingerprint density at radius 3 is 2.54 bits per heavy atom. The number of piperazine rings is 1. The van der Waals surface area contributed by atoms with Gasteiger partial charge in [0.25, 0.3) is 0 Å². The summed E-state index contributed by atoms with van der Waals surface area (Å²) in [4.78, 5) is 12.3. The van der Waals surface area contributed by atoms with Gasteiger partial charge in [-0.2, -0.15) is 0 Å². The van der Waals surface area contributed by atoms with E-state index in [9.17, 15) is 0 Å². The maximum atomic E-state index is 4.94. The zero-order valence-electron chi connectivity index (χ0n) is 22.9. The summed E-state index contributed by atoms with van der Waals surface area (Å²) in [6, 6.07) is 9.70. The minimum atomic E-state index is 0.0620. The van der Waals surface area contributed by atoms with Crippen LogP contribution in [0.4, 0.5) is 5.69 Å². The summed E-state index contributed by atoms with van der Waals surface area (Å²) in [5, 5.41) is 12.2. The maximum Gasteiger partial charge on any atom is 0.160 e. The lowest BCUT2D eigenvalue weighted by Crippen LogP contribution is -2.44. The molecule has 37 heavy (non-hydrogen) atoms. The number of fused-ring (bicyclic) bond motifs is 1. The van der Waals surface area contributed by atoms with Crippen LogP contribution < -0.4 is 10.2 Å². The summed E-state index contributed by atoms with van der Waals surface area (Å²) in [6.45, 7) is 15.3. The van der Waals surface area contributed by atoms with Crippen molar-refractivity contribution in [2.24, 2.45) is 4.99 Å². The van der Waals surface area contributed by atoms with Crippen LogP contribution in [0.5, 0.6) is 0 Å². The Labute approximate surface area is 221 Å². The second-order valence-electron chi connectivity index (χ2n) is 10.7. The van der Waals surface area contributed by atoms with Crippen molar-refractivity contribution < 1.29 is 0 Å². The molecule has 1 aromatic heterocycles. The quantitative estimate of drug-likeness (QED) is 0.451. The van der Waals surface area contributed by atoms with Crippen LogP contribution in [0.2, 0.25) is 0 Å². The Kier molecular flexibility index (Phi) is 7.65. The molecule has 2 fully saturated rings. The molecule has 2 aromatic rings. The van der Waals surface area contributed by atoms with Gasteiger partial charge in [0.05, 0.1) is 29.3 Å². The monoisotopic (exact) mass is 502 g/mol. The molecule has 1 saturated carbocycles. The molecule has 1 saturated heterocycles. The highest BCUT2D eigenvalue weighted by atomic mass is 15.4. The molecule has 1 aliphatic carbocycles. The molecule has 8 heteroatoms. The molecule has 5 rings (SSSR count). The van der Waals surface area contributed by atoms with Gasteiger partial charge in [0.15, 0.2) is 5.82 Å². The topological polar surface area (TPSA) is 64.8 Å². The molecule has 3 aliphatic rings. The minimum Gasteiger partial charge on any atom is -0.369 e. The van der Waals surface area contributed by atoms with E-state index in [1.54, 1.807) is 6.33 Å². The minimum absolute atomic E-state index is 0.0620. The SMILES string of the molecule is C=C1/C(=C\NC(C)=N[C@@H](C)c2ccc(N3CCN(C)CC3)cc2)n2cnnc2[C@@H](CC)N1C1CCCC1. The smallest absolute Gasteiger partial charge is 0.160 e. The van der Waals surface area contributed by atoms with Gasteiger partial charge in [0.2, 0.25) is 0 Å². The average Bonchev–Trinajstić information content (AvgIpc) is 3.61. The lowest BCUT2D eigenvalue weighted by Gasteiger charge is -2.43. The third-order valence-corrected chi connectivity index (χ3v) is 8.23. The lowest BCUT2D eigenvalue weighted by molar-refractivity contribution is 0.170. The highest BCUT2D eigenvalue weighted by molar-refractivity contribution is 5.82. The molecule has 198 valence electrons. The van der Waals surface area contributed by atoms with Crippen molar-refractivity contribution in [2.45, 2.75) is 71.0 Å². The molecule has 0 bridgehead atoms. The number of nitrogens with one attached hydrogen (secondary N) is 1. The average molecular weight is 503 g/mol. The first kappa shape index (κ1) is 25.5. The van der Waals surface area contributed by atoms with E-state index in [0.29, 0.717) is 6.04 Å². The Morgan fingerprint density at radius 1 is 1.16 bits per heavy atom. The van der Waals surface area contributed by atoms with E-state index in [2.05, 4.69) is 86.5 Å². The van der Waals surface area contributed by atoms with Gasteiger partial charge in [0, 0.05) is 44.1 Å². The van der Waals surface area contributed by atoms with Crippen LogP contribution in [0.25, 0.3) is 5.70 Å². The first-order chi connectivity index (χ1) is 18.0. The standard InChI is InChI=1S/C29H42N8/c1-6-27-29-33-31-20-36(29)28(22(3)37(27)26-9-7-8-10-26)19-30-23(4)32-21(2)24-11-13-25(14-12-24)35-17-15-34(5)16-18-35/h11-14,19-21,26-27H,3,6-10,15-18H2,1-2,4-5H3,(H,30,32)/b28-19+/t21-,27+/m0/s1. The van der Waals surface area contributed by atoms with Crippen LogP contribution in [0.3, 0.4) is 0 Å². The summed E-state index contributed by atoms with van der Waals surface area (Å²) in [7, 11) is 2.19. The Hall–Kier alpha value is -3.13. The molecule has 8 nitrogen and oxygen atoms in total. The Morgan fingerprint density at radius 2 is 1.86 bits per heavy atom. The fraction of sp³-hybridized carbons (Fsp3) is 0.552. The molecular formula is C29H42N8. The molecule has 0 radical (unpaired) electrons. The number of hydrogen-bond donors (Lipinski definition) is 1. The summed E-state index contributed by atoms with van der Waals surface area (Å²) in [6.07, 6.45) is 9.82. The van der Waals surface area contributed by atoms with Crippen molar-refractivity contribution >= 4 is 17.2 Å². The van der Waals surface area contributed by atoms with Gasteiger partial charge in [-0.3, -0.25) is 9.56 Å². The second kappa shape index (κ2) is 11.1. The van der Waals surface area contributed by atoms with E-state index >= 15 is 0 Å². The molecule has 1 aromatic carbocycles. The maximum absolute atomic E-state index is 4.94. The number of aliphatic imine (C=N–C) groups is 1. The van der Waals surface area contributed by atoms with E-state index in [1.165, 1.54) is 36.9 Å². The number of benzene rings is 1. The molecular weight excluding hydrogens is 460 g/mol. The Bertz CT molecular complexity index is 1130. The fourth-order valence-electron chi connectivity index (χ4n) is 6.03. The van der Waals surface area contributed by atoms with Crippen molar-refractivity contribution in [2.75, 3.05) is 38.1 Å². The van der Waals surface area contributed by atoms with Gasteiger partial charge in [-0.25, -0.2) is 0 Å². The first-order valence-corrected chi connectivity index (χ1v) is 13.9. The second-order valence-corrected chi connectivity index (χ2v) is 10.7. The van der Waals surface area contributed by atoms with Crippen LogP contribution in [0, 0.1) is 0 Å². The van der Waals surface area contributed by atoms with Crippen LogP contribution in [-0.4, -0.2) is 69.7 Å². The largest absolute Gasteiger partial charge is 0.369 e. The van der Waals surface area contributed by atoms with Crippen molar-refractivity contribution in [3.63, 3.8) is 0 Å². The van der Waals surface area contributed by atoms with Gasteiger partial charge in [-0.05, 0) is 57.9 Å². The van der Waals surface area contributed by atoms with Crippen LogP contribution in [-0.2, 0) is 0 Å². The van der Waals surface area contributed by atoms with Gasteiger partial charge in [-0.15, -0.1) is 10.2 Å². The molecule has 0 spiro atoms. The van der Waals surface area contributed by atoms with Crippen LogP contribution in [0.1, 0.15) is 76.3 Å². The van der Waals surface area contributed by atoms with E-state index in [1.807, 2.05) is 13.1 Å². The molecule has 2 atom stereocenters. The number of nitrogens with zero attached hydrogens (tertiary/aromatic N) is 7. The van der Waals surface area contributed by atoms with Gasteiger partial charge < -0.3 is 20.0 Å². The van der Waals surface area contributed by atoms with Crippen molar-refractivity contribution in [3.05, 3.63) is 60.5 Å². The van der Waals surface area contributed by atoms with Crippen LogP contribution >= 0.6 is 0 Å². The Balaban J connectivity index is 1.29. The molecule has 2 aliphatic heterocycles. The van der Waals surface area contributed by atoms with Gasteiger partial charge >= 0.3 is 0 Å². The lowest BCUT2D eigenvalue weighted by atomic mass is 10.0. The molecule has 0 unspecified atom stereocenters. The number of allylic oxidation sites excluding steroid dienone is 1. The summed E-state index contributed by atoms with van der Waals surface area (Å²) >= 11 is 0. The van der Waals surface area contributed by atoms with E-state index in [0.717, 1.165) is 55.7 Å². The summed E-state index contributed by atoms with van der Waals surface area (Å²) in [5.74, 6) is 1.87. The predicted octanol–water partition coefficient (Wildman–Crippen LogP) is 4.82. The highest BCUT2D eigenvalue weighted by Gasteiger charge is 2.38. The number of rotatable bonds is 6. The predicted molar refractivity (Wildman–Crippen MR) is 151 cm³/mol. The van der Waals surface area contributed by atoms with Crippen molar-refractivity contribution in [1.29, 1.82) is 0 Å². The zero-order chi connectivity index (χ0) is 25.9. The van der Waals surface area contributed by atoms with E-state index in [4.69, 9.17) is 4.99 Å². The van der Waals surface area contributed by atoms with E-state index in [-0.39, 0.29) is 12.1 Å².